The number of rotatable bonds is 3. The van der Waals surface area contributed by atoms with Crippen molar-refractivity contribution in [2.24, 2.45) is 5.73 Å². The second kappa shape index (κ2) is 5.33. The van der Waals surface area contributed by atoms with E-state index in [1.54, 1.807) is 6.20 Å². The molecule has 20 heavy (non-hydrogen) atoms. The summed E-state index contributed by atoms with van der Waals surface area (Å²) >= 11 is 0. The van der Waals surface area contributed by atoms with Crippen LogP contribution in [0, 0.1) is 0 Å². The Balaban J connectivity index is 2.04. The van der Waals surface area contributed by atoms with Crippen LogP contribution in [0.15, 0.2) is 42.6 Å². The molecule has 2 N–H and O–H groups in total. The highest BCUT2D eigenvalue weighted by atomic mass is 16.1. The van der Waals surface area contributed by atoms with Crippen molar-refractivity contribution in [2.75, 3.05) is 18.0 Å². The van der Waals surface area contributed by atoms with Crippen molar-refractivity contribution in [1.29, 1.82) is 0 Å². The van der Waals surface area contributed by atoms with E-state index in [0.29, 0.717) is 5.56 Å². The number of anilines is 1. The van der Waals surface area contributed by atoms with Gasteiger partial charge in [0, 0.05) is 30.5 Å². The largest absolute Gasteiger partial charge is 0.371 e. The average Bonchev–Trinajstić information content (AvgIpc) is 3.01. The van der Waals surface area contributed by atoms with E-state index < -0.39 is 0 Å². The Morgan fingerprint density at radius 3 is 2.60 bits per heavy atom. The maximum atomic E-state index is 11.7. The molecular formula is C16H17N3O. The molecule has 2 aromatic rings. The second-order valence-electron chi connectivity index (χ2n) is 5.01. The summed E-state index contributed by atoms with van der Waals surface area (Å²) in [5.74, 6) is -0.385. The molecule has 4 heteroatoms. The van der Waals surface area contributed by atoms with Gasteiger partial charge in [-0.25, -0.2) is 0 Å². The maximum Gasteiger partial charge on any atom is 0.250 e. The van der Waals surface area contributed by atoms with Crippen molar-refractivity contribution in [3.8, 4) is 11.3 Å². The molecule has 3 rings (SSSR count). The first-order valence-corrected chi connectivity index (χ1v) is 6.86. The number of hydrogen-bond acceptors (Lipinski definition) is 3. The summed E-state index contributed by atoms with van der Waals surface area (Å²) in [6.07, 6.45) is 4.08. The van der Waals surface area contributed by atoms with E-state index in [1.165, 1.54) is 12.8 Å². The normalized spacial score (nSPS) is 14.5. The molecule has 4 nitrogen and oxygen atoms in total. The lowest BCUT2D eigenvalue weighted by atomic mass is 10.0. The third-order valence-corrected chi connectivity index (χ3v) is 3.67. The molecule has 2 heterocycles. The van der Waals surface area contributed by atoms with Gasteiger partial charge in [-0.05, 0) is 37.1 Å². The van der Waals surface area contributed by atoms with Crippen LogP contribution >= 0.6 is 0 Å². The molecule has 0 radical (unpaired) electrons. The number of amides is 1. The Morgan fingerprint density at radius 2 is 1.95 bits per heavy atom. The summed E-state index contributed by atoms with van der Waals surface area (Å²) in [5, 5.41) is 0. The second-order valence-corrected chi connectivity index (χ2v) is 5.01. The summed E-state index contributed by atoms with van der Waals surface area (Å²) in [5.41, 5.74) is 8.83. The zero-order chi connectivity index (χ0) is 13.9. The molecule has 1 aromatic carbocycles. The molecule has 102 valence electrons. The Kier molecular flexibility index (Phi) is 3.37. The minimum absolute atomic E-state index is 0.385. The van der Waals surface area contributed by atoms with Crippen LogP contribution in [-0.2, 0) is 0 Å². The van der Waals surface area contributed by atoms with Gasteiger partial charge in [-0.1, -0.05) is 12.1 Å². The maximum absolute atomic E-state index is 11.7. The van der Waals surface area contributed by atoms with Crippen LogP contribution in [0.5, 0.6) is 0 Å². The zero-order valence-corrected chi connectivity index (χ0v) is 11.2. The quantitative estimate of drug-likeness (QED) is 0.929. The molecule has 1 saturated heterocycles. The lowest BCUT2D eigenvalue weighted by molar-refractivity contribution is 0.100. The molecular weight excluding hydrogens is 250 g/mol. The summed E-state index contributed by atoms with van der Waals surface area (Å²) in [6.45, 7) is 1.98. The van der Waals surface area contributed by atoms with E-state index in [2.05, 4.69) is 9.88 Å². The van der Waals surface area contributed by atoms with Crippen LogP contribution in [0.4, 0.5) is 5.69 Å². The highest BCUT2D eigenvalue weighted by Crippen LogP contribution is 2.28. The van der Waals surface area contributed by atoms with Crippen molar-refractivity contribution in [3.63, 3.8) is 0 Å². The standard InChI is InChI=1S/C16H17N3O/c17-16(20)13-11-12(14-5-1-2-8-18-14)6-7-15(13)19-9-3-4-10-19/h1-2,5-8,11H,3-4,9-10H2,(H2,17,20). The molecule has 0 saturated carbocycles. The Bertz CT molecular complexity index is 619. The van der Waals surface area contributed by atoms with Gasteiger partial charge < -0.3 is 10.6 Å². The summed E-state index contributed by atoms with van der Waals surface area (Å²) < 4.78 is 0. The van der Waals surface area contributed by atoms with Gasteiger partial charge in [-0.15, -0.1) is 0 Å². The van der Waals surface area contributed by atoms with Crippen LogP contribution in [0.2, 0.25) is 0 Å². The van der Waals surface area contributed by atoms with Crippen molar-refractivity contribution < 1.29 is 4.79 Å². The van der Waals surface area contributed by atoms with E-state index in [0.717, 1.165) is 30.0 Å². The fourth-order valence-corrected chi connectivity index (χ4v) is 2.66. The van der Waals surface area contributed by atoms with Crippen LogP contribution in [-0.4, -0.2) is 24.0 Å². The molecule has 0 atom stereocenters. The lowest BCUT2D eigenvalue weighted by Crippen LogP contribution is -2.23. The van der Waals surface area contributed by atoms with E-state index in [1.807, 2.05) is 36.4 Å². The highest BCUT2D eigenvalue weighted by molar-refractivity contribution is 6.00. The minimum Gasteiger partial charge on any atom is -0.371 e. The Hall–Kier alpha value is -2.36. The summed E-state index contributed by atoms with van der Waals surface area (Å²) in [4.78, 5) is 18.3. The van der Waals surface area contributed by atoms with Crippen LogP contribution < -0.4 is 10.6 Å². The fraction of sp³-hybridized carbons (Fsp3) is 0.250. The molecule has 0 aliphatic carbocycles. The van der Waals surface area contributed by atoms with E-state index in [4.69, 9.17) is 5.73 Å². The van der Waals surface area contributed by atoms with E-state index in [9.17, 15) is 4.79 Å². The Labute approximate surface area is 118 Å². The molecule has 1 amide bonds. The molecule has 1 aliphatic heterocycles. The van der Waals surface area contributed by atoms with Gasteiger partial charge in [0.25, 0.3) is 5.91 Å². The van der Waals surface area contributed by atoms with Crippen molar-refractivity contribution in [2.45, 2.75) is 12.8 Å². The van der Waals surface area contributed by atoms with Crippen LogP contribution in [0.25, 0.3) is 11.3 Å². The number of benzene rings is 1. The number of carbonyl (C=O) groups excluding carboxylic acids is 1. The molecule has 0 spiro atoms. The third-order valence-electron chi connectivity index (χ3n) is 3.67. The fourth-order valence-electron chi connectivity index (χ4n) is 2.66. The first-order chi connectivity index (χ1) is 9.75. The zero-order valence-electron chi connectivity index (χ0n) is 11.2. The van der Waals surface area contributed by atoms with Crippen LogP contribution in [0.3, 0.4) is 0 Å². The number of hydrogen-bond donors (Lipinski definition) is 1. The van der Waals surface area contributed by atoms with Crippen molar-refractivity contribution >= 4 is 11.6 Å². The molecule has 1 aromatic heterocycles. The minimum atomic E-state index is -0.385. The topological polar surface area (TPSA) is 59.2 Å². The van der Waals surface area contributed by atoms with E-state index in [-0.39, 0.29) is 5.91 Å². The number of primary amides is 1. The summed E-state index contributed by atoms with van der Waals surface area (Å²) in [7, 11) is 0. The van der Waals surface area contributed by atoms with Gasteiger partial charge in [0.05, 0.1) is 11.3 Å². The van der Waals surface area contributed by atoms with Gasteiger partial charge in [-0.2, -0.15) is 0 Å². The smallest absolute Gasteiger partial charge is 0.250 e. The highest BCUT2D eigenvalue weighted by Gasteiger charge is 2.18. The average molecular weight is 267 g/mol. The lowest BCUT2D eigenvalue weighted by Gasteiger charge is -2.20. The summed E-state index contributed by atoms with van der Waals surface area (Å²) in [6, 6.07) is 11.6. The first kappa shape index (κ1) is 12.7. The van der Waals surface area contributed by atoms with Gasteiger partial charge in [0.15, 0.2) is 0 Å². The molecule has 0 unspecified atom stereocenters. The van der Waals surface area contributed by atoms with Gasteiger partial charge >= 0.3 is 0 Å². The van der Waals surface area contributed by atoms with E-state index >= 15 is 0 Å². The number of aromatic nitrogens is 1. The predicted molar refractivity (Wildman–Crippen MR) is 79.6 cm³/mol. The van der Waals surface area contributed by atoms with Gasteiger partial charge in [-0.3, -0.25) is 9.78 Å². The number of pyridine rings is 1. The predicted octanol–water partition coefficient (Wildman–Crippen LogP) is 2.45. The first-order valence-electron chi connectivity index (χ1n) is 6.86. The SMILES string of the molecule is NC(=O)c1cc(-c2ccccn2)ccc1N1CCCC1. The Morgan fingerprint density at radius 1 is 1.15 bits per heavy atom. The molecule has 0 bridgehead atoms. The third kappa shape index (κ3) is 2.37. The molecule has 1 fully saturated rings. The monoisotopic (exact) mass is 267 g/mol. The van der Waals surface area contributed by atoms with Gasteiger partial charge in [0.1, 0.15) is 0 Å². The number of nitrogens with zero attached hydrogens (tertiary/aromatic N) is 2. The molecule has 1 aliphatic rings. The number of nitrogens with two attached hydrogens (primary N) is 1. The van der Waals surface area contributed by atoms with Crippen molar-refractivity contribution in [1.82, 2.24) is 4.98 Å². The number of carbonyl (C=O) groups is 1. The van der Waals surface area contributed by atoms with Gasteiger partial charge in [0.2, 0.25) is 0 Å². The van der Waals surface area contributed by atoms with Crippen molar-refractivity contribution in [3.05, 3.63) is 48.2 Å². The van der Waals surface area contributed by atoms with Crippen LogP contribution in [0.1, 0.15) is 23.2 Å².